The monoisotopic (exact) mass is 224 g/mol. The lowest BCUT2D eigenvalue weighted by molar-refractivity contribution is -0.139. The summed E-state index contributed by atoms with van der Waals surface area (Å²) in [6.07, 6.45) is 0.366. The van der Waals surface area contributed by atoms with E-state index in [9.17, 15) is 9.59 Å². The molecule has 88 valence electrons. The Labute approximate surface area is 94.1 Å². The largest absolute Gasteiger partial charge is 0.480 e. The van der Waals surface area contributed by atoms with Crippen LogP contribution in [-0.2, 0) is 11.8 Å². The molecule has 1 atom stereocenters. The molecule has 1 aromatic rings. The molecular weight excluding hydrogens is 208 g/mol. The first kappa shape index (κ1) is 12.3. The van der Waals surface area contributed by atoms with E-state index in [4.69, 9.17) is 5.11 Å². The Morgan fingerprint density at radius 1 is 1.50 bits per heavy atom. The number of rotatable bonds is 4. The van der Waals surface area contributed by atoms with Crippen LogP contribution in [0.3, 0.4) is 0 Å². The second-order valence-corrected chi connectivity index (χ2v) is 3.69. The van der Waals surface area contributed by atoms with Crippen LogP contribution in [0.25, 0.3) is 0 Å². The van der Waals surface area contributed by atoms with Crippen LogP contribution in [0.2, 0.25) is 0 Å². The quantitative estimate of drug-likeness (QED) is 0.799. The van der Waals surface area contributed by atoms with Crippen molar-refractivity contribution in [2.24, 2.45) is 7.05 Å². The summed E-state index contributed by atoms with van der Waals surface area (Å²) in [6, 6.07) is 2.67. The van der Waals surface area contributed by atoms with Crippen LogP contribution >= 0.6 is 0 Å². The molecule has 0 spiro atoms. The first-order chi connectivity index (χ1) is 7.47. The zero-order valence-electron chi connectivity index (χ0n) is 9.65. The van der Waals surface area contributed by atoms with E-state index >= 15 is 0 Å². The Bertz CT molecular complexity index is 409. The summed E-state index contributed by atoms with van der Waals surface area (Å²) in [5, 5.41) is 11.3. The highest BCUT2D eigenvalue weighted by Gasteiger charge is 2.19. The van der Waals surface area contributed by atoms with Crippen molar-refractivity contribution in [1.82, 2.24) is 9.88 Å². The maximum atomic E-state index is 11.8. The van der Waals surface area contributed by atoms with Crippen LogP contribution in [0.5, 0.6) is 0 Å². The summed E-state index contributed by atoms with van der Waals surface area (Å²) >= 11 is 0. The number of nitrogens with zero attached hydrogens (tertiary/aromatic N) is 1. The van der Waals surface area contributed by atoms with Crippen molar-refractivity contribution in [1.29, 1.82) is 0 Å². The number of aryl methyl sites for hydroxylation is 1. The predicted octanol–water partition coefficient (Wildman–Crippen LogP) is 0.927. The lowest BCUT2D eigenvalue weighted by Gasteiger charge is -2.12. The molecule has 16 heavy (non-hydrogen) atoms. The molecule has 0 radical (unpaired) electrons. The summed E-state index contributed by atoms with van der Waals surface area (Å²) in [7, 11) is 1.77. The fraction of sp³-hybridized carbons (Fsp3) is 0.455. The number of amides is 1. The highest BCUT2D eigenvalue weighted by molar-refractivity contribution is 5.95. The lowest BCUT2D eigenvalue weighted by atomic mass is 10.2. The van der Waals surface area contributed by atoms with E-state index in [0.717, 1.165) is 5.69 Å². The fourth-order valence-corrected chi connectivity index (χ4v) is 1.41. The van der Waals surface area contributed by atoms with E-state index < -0.39 is 12.0 Å². The first-order valence-electron chi connectivity index (χ1n) is 5.13. The normalized spacial score (nSPS) is 12.2. The Balaban J connectivity index is 2.80. The molecule has 1 rings (SSSR count). The third-order valence-corrected chi connectivity index (χ3v) is 2.62. The van der Waals surface area contributed by atoms with E-state index in [1.165, 1.54) is 0 Å². The van der Waals surface area contributed by atoms with Gasteiger partial charge in [0, 0.05) is 12.7 Å². The molecule has 0 bridgehead atoms. The number of nitrogens with one attached hydrogen (secondary N) is 1. The van der Waals surface area contributed by atoms with Gasteiger partial charge in [0.05, 0.1) is 0 Å². The molecule has 0 aromatic carbocycles. The molecule has 0 saturated heterocycles. The van der Waals surface area contributed by atoms with Gasteiger partial charge < -0.3 is 15.0 Å². The number of carboxylic acids is 1. The van der Waals surface area contributed by atoms with Gasteiger partial charge in [0.1, 0.15) is 11.7 Å². The molecule has 1 aromatic heterocycles. The van der Waals surface area contributed by atoms with E-state index in [-0.39, 0.29) is 5.91 Å². The molecule has 0 fully saturated rings. The Morgan fingerprint density at radius 3 is 2.50 bits per heavy atom. The Hall–Kier alpha value is -1.78. The second-order valence-electron chi connectivity index (χ2n) is 3.69. The van der Waals surface area contributed by atoms with Gasteiger partial charge in [-0.3, -0.25) is 4.79 Å². The molecule has 5 nitrogen and oxygen atoms in total. The Morgan fingerprint density at radius 2 is 2.12 bits per heavy atom. The zero-order chi connectivity index (χ0) is 12.3. The molecule has 5 heteroatoms. The summed E-state index contributed by atoms with van der Waals surface area (Å²) in [4.78, 5) is 22.5. The average Bonchev–Trinajstić information content (AvgIpc) is 2.55. The fourth-order valence-electron chi connectivity index (χ4n) is 1.41. The third-order valence-electron chi connectivity index (χ3n) is 2.62. The van der Waals surface area contributed by atoms with Crippen molar-refractivity contribution < 1.29 is 14.7 Å². The van der Waals surface area contributed by atoms with Crippen molar-refractivity contribution >= 4 is 11.9 Å². The van der Waals surface area contributed by atoms with Gasteiger partial charge in [0.15, 0.2) is 0 Å². The molecular formula is C11H16N2O3. The van der Waals surface area contributed by atoms with Crippen LogP contribution in [0.15, 0.2) is 12.1 Å². The molecule has 0 aliphatic rings. The van der Waals surface area contributed by atoms with E-state index in [0.29, 0.717) is 12.1 Å². The highest BCUT2D eigenvalue weighted by atomic mass is 16.4. The SMILES string of the molecule is CC[C@H](NC(=O)c1ccc(C)n1C)C(=O)O. The van der Waals surface area contributed by atoms with Crippen LogP contribution in [-0.4, -0.2) is 27.6 Å². The Kier molecular flexibility index (Phi) is 3.71. The van der Waals surface area contributed by atoms with Crippen LogP contribution in [0.1, 0.15) is 29.5 Å². The van der Waals surface area contributed by atoms with E-state index in [2.05, 4.69) is 5.32 Å². The van der Waals surface area contributed by atoms with Crippen molar-refractivity contribution in [2.45, 2.75) is 26.3 Å². The minimum atomic E-state index is -1.01. The highest BCUT2D eigenvalue weighted by Crippen LogP contribution is 2.06. The van der Waals surface area contributed by atoms with Gasteiger partial charge in [0.25, 0.3) is 5.91 Å². The summed E-state index contributed by atoms with van der Waals surface area (Å²) < 4.78 is 1.73. The topological polar surface area (TPSA) is 71.3 Å². The predicted molar refractivity (Wildman–Crippen MR) is 59.3 cm³/mol. The van der Waals surface area contributed by atoms with Gasteiger partial charge in [-0.05, 0) is 25.5 Å². The maximum absolute atomic E-state index is 11.8. The van der Waals surface area contributed by atoms with Gasteiger partial charge >= 0.3 is 5.97 Å². The van der Waals surface area contributed by atoms with Crippen molar-refractivity contribution in [3.8, 4) is 0 Å². The smallest absolute Gasteiger partial charge is 0.326 e. The number of hydrogen-bond donors (Lipinski definition) is 2. The minimum Gasteiger partial charge on any atom is -0.480 e. The number of carbonyl (C=O) groups excluding carboxylic acids is 1. The number of carboxylic acid groups (broad SMARTS) is 1. The standard InChI is InChI=1S/C11H16N2O3/c1-4-8(11(15)16)12-10(14)9-6-5-7(2)13(9)3/h5-6,8H,4H2,1-3H3,(H,12,14)(H,15,16)/t8-/m0/s1. The number of carbonyl (C=O) groups is 2. The van der Waals surface area contributed by atoms with Crippen molar-refractivity contribution in [2.75, 3.05) is 0 Å². The minimum absolute atomic E-state index is 0.357. The molecule has 0 aliphatic carbocycles. The number of aromatic nitrogens is 1. The maximum Gasteiger partial charge on any atom is 0.326 e. The van der Waals surface area contributed by atoms with Gasteiger partial charge in [-0.1, -0.05) is 6.92 Å². The van der Waals surface area contributed by atoms with E-state index in [1.54, 1.807) is 24.6 Å². The molecule has 2 N–H and O–H groups in total. The van der Waals surface area contributed by atoms with Crippen LogP contribution in [0.4, 0.5) is 0 Å². The lowest BCUT2D eigenvalue weighted by Crippen LogP contribution is -2.40. The van der Waals surface area contributed by atoms with Gasteiger partial charge in [0.2, 0.25) is 0 Å². The zero-order valence-corrected chi connectivity index (χ0v) is 9.65. The van der Waals surface area contributed by atoms with Crippen molar-refractivity contribution in [3.63, 3.8) is 0 Å². The summed E-state index contributed by atoms with van der Waals surface area (Å²) in [5.41, 5.74) is 1.42. The van der Waals surface area contributed by atoms with Gasteiger partial charge in [-0.25, -0.2) is 4.79 Å². The molecule has 1 amide bonds. The third kappa shape index (κ3) is 2.42. The van der Waals surface area contributed by atoms with Crippen LogP contribution < -0.4 is 5.32 Å². The van der Waals surface area contributed by atoms with Crippen LogP contribution in [0, 0.1) is 6.92 Å². The van der Waals surface area contributed by atoms with Gasteiger partial charge in [-0.15, -0.1) is 0 Å². The second kappa shape index (κ2) is 4.83. The number of aliphatic carboxylic acids is 1. The molecule has 0 saturated carbocycles. The average molecular weight is 224 g/mol. The molecule has 0 aliphatic heterocycles. The number of hydrogen-bond acceptors (Lipinski definition) is 2. The van der Waals surface area contributed by atoms with Gasteiger partial charge in [-0.2, -0.15) is 0 Å². The summed E-state index contributed by atoms with van der Waals surface area (Å²) in [6.45, 7) is 3.60. The summed E-state index contributed by atoms with van der Waals surface area (Å²) in [5.74, 6) is -1.37. The van der Waals surface area contributed by atoms with Crippen molar-refractivity contribution in [3.05, 3.63) is 23.5 Å². The molecule has 0 unspecified atom stereocenters. The first-order valence-corrected chi connectivity index (χ1v) is 5.13. The molecule has 1 heterocycles. The van der Waals surface area contributed by atoms with E-state index in [1.807, 2.05) is 13.0 Å².